The molecule has 8 heteroatoms. The van der Waals surface area contributed by atoms with Crippen molar-refractivity contribution in [1.29, 1.82) is 0 Å². The Morgan fingerprint density at radius 1 is 1.15 bits per heavy atom. The smallest absolute Gasteiger partial charge is 0.303 e. The number of carboxylic acid groups (broad SMARTS) is 1. The molecule has 2 heterocycles. The Labute approximate surface area is 202 Å². The summed E-state index contributed by atoms with van der Waals surface area (Å²) < 4.78 is 1.82. The van der Waals surface area contributed by atoms with Crippen molar-refractivity contribution in [2.24, 2.45) is 11.3 Å². The van der Waals surface area contributed by atoms with Crippen LogP contribution in [0.4, 0.5) is 0 Å². The van der Waals surface area contributed by atoms with E-state index in [9.17, 15) is 9.59 Å². The highest BCUT2D eigenvalue weighted by molar-refractivity contribution is 6.32. The van der Waals surface area contributed by atoms with E-state index in [4.69, 9.17) is 16.7 Å². The van der Waals surface area contributed by atoms with Crippen molar-refractivity contribution in [2.45, 2.75) is 63.5 Å². The van der Waals surface area contributed by atoms with E-state index in [1.54, 1.807) is 12.3 Å². The van der Waals surface area contributed by atoms with E-state index in [1.165, 1.54) is 18.4 Å². The fourth-order valence-corrected chi connectivity index (χ4v) is 6.30. The Balaban J connectivity index is 1.16. The molecule has 0 aliphatic heterocycles. The number of carbonyl (C=O) groups is 2. The highest BCUT2D eigenvalue weighted by Crippen LogP contribution is 2.59. The van der Waals surface area contributed by atoms with E-state index in [0.717, 1.165) is 42.3 Å². The third kappa shape index (κ3) is 4.06. The minimum absolute atomic E-state index is 0.111. The quantitative estimate of drug-likeness (QED) is 0.509. The largest absolute Gasteiger partial charge is 0.481 e. The second-order valence-corrected chi connectivity index (χ2v) is 10.9. The van der Waals surface area contributed by atoms with Gasteiger partial charge in [0, 0.05) is 29.1 Å². The van der Waals surface area contributed by atoms with Gasteiger partial charge < -0.3 is 10.4 Å². The molecule has 34 heavy (non-hydrogen) atoms. The summed E-state index contributed by atoms with van der Waals surface area (Å²) in [5, 5.41) is 18.0. The van der Waals surface area contributed by atoms with Crippen LogP contribution in [0.2, 0.25) is 5.02 Å². The molecule has 1 amide bonds. The fraction of sp³-hybridized carbons (Fsp3) is 0.462. The monoisotopic (exact) mass is 478 g/mol. The zero-order valence-corrected chi connectivity index (χ0v) is 19.6. The van der Waals surface area contributed by atoms with Gasteiger partial charge >= 0.3 is 5.97 Å². The van der Waals surface area contributed by atoms with Gasteiger partial charge in [-0.2, -0.15) is 5.10 Å². The van der Waals surface area contributed by atoms with Crippen LogP contribution in [-0.2, 0) is 11.3 Å². The molecule has 0 atom stereocenters. The number of nitrogens with zero attached hydrogens (tertiary/aromatic N) is 3. The van der Waals surface area contributed by atoms with Crippen LogP contribution in [0.1, 0.15) is 72.5 Å². The fourth-order valence-electron chi connectivity index (χ4n) is 6.07. The zero-order chi connectivity index (χ0) is 23.4. The van der Waals surface area contributed by atoms with Crippen LogP contribution in [-0.4, -0.2) is 37.8 Å². The van der Waals surface area contributed by atoms with Gasteiger partial charge in [0.25, 0.3) is 5.91 Å². The molecule has 0 saturated heterocycles. The molecule has 7 nitrogen and oxygen atoms in total. The summed E-state index contributed by atoms with van der Waals surface area (Å²) in [5.74, 6) is 0.0772. The minimum Gasteiger partial charge on any atom is -0.481 e. The lowest BCUT2D eigenvalue weighted by atomic mass is 9.49. The summed E-state index contributed by atoms with van der Waals surface area (Å²) in [7, 11) is 0. The molecule has 3 fully saturated rings. The highest BCUT2D eigenvalue weighted by atomic mass is 35.5. The first-order chi connectivity index (χ1) is 16.4. The number of halogens is 1. The van der Waals surface area contributed by atoms with Crippen molar-refractivity contribution in [1.82, 2.24) is 20.1 Å². The molecule has 176 valence electrons. The molecular formula is C26H27ClN4O3. The first kappa shape index (κ1) is 21.6. The molecule has 0 radical (unpaired) electrons. The van der Waals surface area contributed by atoms with Crippen LogP contribution in [0.25, 0.3) is 10.9 Å². The lowest BCUT2D eigenvalue weighted by Crippen LogP contribution is -2.56. The maximum Gasteiger partial charge on any atom is 0.303 e. The van der Waals surface area contributed by atoms with E-state index >= 15 is 0 Å². The van der Waals surface area contributed by atoms with Gasteiger partial charge in [-0.15, -0.1) is 0 Å². The van der Waals surface area contributed by atoms with Crippen molar-refractivity contribution < 1.29 is 14.7 Å². The maximum absolute atomic E-state index is 13.3. The second kappa shape index (κ2) is 8.08. The van der Waals surface area contributed by atoms with Crippen LogP contribution in [0, 0.1) is 11.3 Å². The Bertz CT molecular complexity index is 1270. The lowest BCUT2D eigenvalue weighted by molar-refractivity contribution is -0.142. The van der Waals surface area contributed by atoms with Gasteiger partial charge in [-0.1, -0.05) is 17.7 Å². The number of carbonyl (C=O) groups excluding carboxylic acids is 1. The SMILES string of the molecule is O=C(O)CC1CC2(C1)CC(NC(=O)c1cc(Cl)cc3cnn(Cc4ccc(C5CC5)cn4)c13)C2. The number of amides is 1. The third-order valence-electron chi connectivity index (χ3n) is 7.75. The predicted octanol–water partition coefficient (Wildman–Crippen LogP) is 4.77. The summed E-state index contributed by atoms with van der Waals surface area (Å²) in [5.41, 5.74) is 3.70. The van der Waals surface area contributed by atoms with Crippen molar-refractivity contribution in [3.05, 3.63) is 58.5 Å². The Kier molecular flexibility index (Phi) is 5.13. The van der Waals surface area contributed by atoms with E-state index in [0.29, 0.717) is 23.0 Å². The van der Waals surface area contributed by atoms with Gasteiger partial charge in [-0.05, 0) is 79.5 Å². The van der Waals surface area contributed by atoms with Crippen molar-refractivity contribution in [2.75, 3.05) is 0 Å². The number of hydrogen-bond donors (Lipinski definition) is 2. The predicted molar refractivity (Wildman–Crippen MR) is 128 cm³/mol. The summed E-state index contributed by atoms with van der Waals surface area (Å²) in [4.78, 5) is 28.8. The number of aliphatic carboxylic acids is 1. The second-order valence-electron chi connectivity index (χ2n) is 10.5. The van der Waals surface area contributed by atoms with Gasteiger partial charge in [-0.3, -0.25) is 19.3 Å². The van der Waals surface area contributed by atoms with E-state index in [1.807, 2.05) is 23.0 Å². The van der Waals surface area contributed by atoms with Crippen molar-refractivity contribution in [3.8, 4) is 0 Å². The molecule has 0 bridgehead atoms. The van der Waals surface area contributed by atoms with Gasteiger partial charge in [0.15, 0.2) is 0 Å². The number of nitrogens with one attached hydrogen (secondary N) is 1. The normalized spacial score (nSPS) is 25.7. The minimum atomic E-state index is -0.723. The van der Waals surface area contributed by atoms with Crippen LogP contribution in [0.15, 0.2) is 36.7 Å². The summed E-state index contributed by atoms with van der Waals surface area (Å²) in [6.45, 7) is 0.480. The summed E-state index contributed by atoms with van der Waals surface area (Å²) >= 11 is 6.33. The average Bonchev–Trinajstić information content (AvgIpc) is 3.52. The Morgan fingerprint density at radius 3 is 2.62 bits per heavy atom. The zero-order valence-electron chi connectivity index (χ0n) is 18.8. The molecule has 2 N–H and O–H groups in total. The van der Waals surface area contributed by atoms with Gasteiger partial charge in [0.1, 0.15) is 0 Å². The molecule has 3 aliphatic carbocycles. The number of benzene rings is 1. The van der Waals surface area contributed by atoms with Crippen LogP contribution in [0.5, 0.6) is 0 Å². The van der Waals surface area contributed by atoms with Gasteiger partial charge in [0.2, 0.25) is 0 Å². The lowest BCUT2D eigenvalue weighted by Gasteiger charge is -2.57. The molecule has 6 rings (SSSR count). The number of pyridine rings is 1. The molecule has 3 aliphatic rings. The number of carboxylic acids is 1. The number of fused-ring (bicyclic) bond motifs is 1. The standard InChI is InChI=1S/C26H27ClN4O3/c27-19-6-18-13-29-31(14-20-4-3-17(12-28-20)16-1-2-16)24(18)22(7-19)25(34)30-21-10-26(11-21)8-15(9-26)5-23(32)33/h3-4,6-7,12-13,15-16,21H,1-2,5,8-11,14H2,(H,30,34)(H,32,33). The Morgan fingerprint density at radius 2 is 1.94 bits per heavy atom. The molecular weight excluding hydrogens is 452 g/mol. The van der Waals surface area contributed by atoms with E-state index in [2.05, 4.69) is 21.5 Å². The highest BCUT2D eigenvalue weighted by Gasteiger charge is 2.53. The van der Waals surface area contributed by atoms with Gasteiger partial charge in [-0.25, -0.2) is 0 Å². The van der Waals surface area contributed by atoms with Crippen molar-refractivity contribution in [3.63, 3.8) is 0 Å². The van der Waals surface area contributed by atoms with Crippen LogP contribution < -0.4 is 5.32 Å². The summed E-state index contributed by atoms with van der Waals surface area (Å²) in [6, 6.07) is 7.84. The average molecular weight is 479 g/mol. The van der Waals surface area contributed by atoms with E-state index < -0.39 is 5.97 Å². The molecule has 0 unspecified atom stereocenters. The molecule has 3 aromatic rings. The van der Waals surface area contributed by atoms with Crippen LogP contribution >= 0.6 is 11.6 Å². The summed E-state index contributed by atoms with van der Waals surface area (Å²) in [6.07, 6.45) is 10.2. The molecule has 1 aromatic carbocycles. The third-order valence-corrected chi connectivity index (χ3v) is 7.97. The molecule has 3 saturated carbocycles. The van der Waals surface area contributed by atoms with Crippen LogP contribution in [0.3, 0.4) is 0 Å². The van der Waals surface area contributed by atoms with Crippen molar-refractivity contribution >= 4 is 34.4 Å². The maximum atomic E-state index is 13.3. The number of aromatic nitrogens is 3. The Hall–Kier alpha value is -2.93. The first-order valence-corrected chi connectivity index (χ1v) is 12.4. The van der Waals surface area contributed by atoms with Gasteiger partial charge in [0.05, 0.1) is 29.5 Å². The topological polar surface area (TPSA) is 97.1 Å². The number of rotatable bonds is 7. The molecule has 2 aromatic heterocycles. The van der Waals surface area contributed by atoms with E-state index in [-0.39, 0.29) is 29.7 Å². The first-order valence-electron chi connectivity index (χ1n) is 12.0. The number of hydrogen-bond acceptors (Lipinski definition) is 4. The molecule has 1 spiro atoms.